The number of esters is 1. The first kappa shape index (κ1) is 48.6. The fraction of sp³-hybridized carbons (Fsp3) is 0.909. The molecule has 2 unspecified atom stereocenters. The number of aliphatic hydroxyl groups is 2. The van der Waals surface area contributed by atoms with Gasteiger partial charge in [0.2, 0.25) is 5.91 Å². The molecule has 0 heterocycles. The lowest BCUT2D eigenvalue weighted by molar-refractivity contribution is -0.143. The largest absolute Gasteiger partial charge is 0.466 e. The van der Waals surface area contributed by atoms with Crippen LogP contribution in [-0.4, -0.2) is 47.4 Å². The third-order valence-corrected chi connectivity index (χ3v) is 10.1. The van der Waals surface area contributed by atoms with Crippen LogP contribution < -0.4 is 5.32 Å². The van der Waals surface area contributed by atoms with Gasteiger partial charge in [0.15, 0.2) is 0 Å². The third kappa shape index (κ3) is 36.4. The highest BCUT2D eigenvalue weighted by atomic mass is 16.5. The van der Waals surface area contributed by atoms with E-state index < -0.39 is 12.1 Å². The van der Waals surface area contributed by atoms with Crippen LogP contribution in [-0.2, 0) is 14.3 Å². The Morgan fingerprint density at radius 2 is 0.920 bits per heavy atom. The second-order valence-corrected chi connectivity index (χ2v) is 15.0. The van der Waals surface area contributed by atoms with Crippen molar-refractivity contribution in [1.29, 1.82) is 0 Å². The number of carbonyl (C=O) groups excluding carboxylic acids is 2. The van der Waals surface area contributed by atoms with Crippen molar-refractivity contribution in [2.45, 2.75) is 244 Å². The number of nitrogens with one attached hydrogen (secondary N) is 1. The van der Waals surface area contributed by atoms with Gasteiger partial charge in [-0.25, -0.2) is 0 Å². The predicted octanol–water partition coefficient (Wildman–Crippen LogP) is 12.2. The van der Waals surface area contributed by atoms with E-state index in [1.807, 2.05) is 6.08 Å². The van der Waals surface area contributed by atoms with Crippen LogP contribution in [0.15, 0.2) is 12.2 Å². The summed E-state index contributed by atoms with van der Waals surface area (Å²) in [5.74, 6) is -0.0976. The minimum absolute atomic E-state index is 0.0111. The standard InChI is InChI=1S/C44H85NO5/c1-3-5-7-9-11-13-14-18-22-26-30-34-38-44(49)50-39-35-31-27-23-19-16-15-17-21-25-29-33-37-43(48)45-41(40-46)42(47)36-32-28-24-20-12-10-8-6-4-2/h32,36,41-42,46-47H,3-31,33-35,37-40H2,1-2H3,(H,45,48)/b36-32+. The minimum Gasteiger partial charge on any atom is -0.466 e. The van der Waals surface area contributed by atoms with Gasteiger partial charge in [0.25, 0.3) is 0 Å². The summed E-state index contributed by atoms with van der Waals surface area (Å²) in [6.45, 7) is 4.83. The number of rotatable bonds is 40. The lowest BCUT2D eigenvalue weighted by Gasteiger charge is -2.20. The van der Waals surface area contributed by atoms with Crippen molar-refractivity contribution >= 4 is 11.9 Å². The lowest BCUT2D eigenvalue weighted by atomic mass is 10.0. The highest BCUT2D eigenvalue weighted by Gasteiger charge is 2.18. The Hall–Kier alpha value is -1.40. The summed E-state index contributed by atoms with van der Waals surface area (Å²) in [7, 11) is 0. The Kier molecular flexibility index (Phi) is 39.2. The summed E-state index contributed by atoms with van der Waals surface area (Å²) in [4.78, 5) is 24.3. The quantitative estimate of drug-likeness (QED) is 0.0335. The SMILES string of the molecule is CCCCCCCCC/C=C/C(O)C(CO)NC(=O)CCCCCCCCCCCCCCOC(=O)CCCCCCCCCCCCCC. The second kappa shape index (κ2) is 40.4. The van der Waals surface area contributed by atoms with E-state index in [0.717, 1.165) is 57.8 Å². The molecule has 1 amide bonds. The molecule has 0 aromatic carbocycles. The molecule has 0 saturated carbocycles. The number of hydrogen-bond donors (Lipinski definition) is 3. The number of unbranched alkanes of at least 4 members (excludes halogenated alkanes) is 29. The summed E-state index contributed by atoms with van der Waals surface area (Å²) >= 11 is 0. The summed E-state index contributed by atoms with van der Waals surface area (Å²) in [6.07, 6.45) is 43.4. The van der Waals surface area contributed by atoms with E-state index in [1.165, 1.54) is 148 Å². The molecule has 0 aliphatic heterocycles. The molecule has 3 N–H and O–H groups in total. The van der Waals surface area contributed by atoms with Gasteiger partial charge in [-0.05, 0) is 32.1 Å². The molecule has 0 aliphatic carbocycles. The fourth-order valence-electron chi connectivity index (χ4n) is 6.63. The van der Waals surface area contributed by atoms with E-state index >= 15 is 0 Å². The van der Waals surface area contributed by atoms with Crippen LogP contribution in [0.5, 0.6) is 0 Å². The van der Waals surface area contributed by atoms with E-state index in [0.29, 0.717) is 19.4 Å². The van der Waals surface area contributed by atoms with Crippen LogP contribution in [0, 0.1) is 0 Å². The first-order valence-corrected chi connectivity index (χ1v) is 22.0. The van der Waals surface area contributed by atoms with Crippen molar-refractivity contribution in [1.82, 2.24) is 5.32 Å². The molecular formula is C44H85NO5. The maximum Gasteiger partial charge on any atom is 0.305 e. The van der Waals surface area contributed by atoms with Crippen molar-refractivity contribution in [3.8, 4) is 0 Å². The number of carbonyl (C=O) groups is 2. The smallest absolute Gasteiger partial charge is 0.305 e. The molecule has 0 radical (unpaired) electrons. The zero-order chi connectivity index (χ0) is 36.6. The van der Waals surface area contributed by atoms with Crippen molar-refractivity contribution < 1.29 is 24.5 Å². The molecule has 2 atom stereocenters. The Labute approximate surface area is 310 Å². The molecular weight excluding hydrogens is 622 g/mol. The Balaban J connectivity index is 3.47. The van der Waals surface area contributed by atoms with Gasteiger partial charge in [-0.3, -0.25) is 9.59 Å². The maximum atomic E-state index is 12.3. The molecule has 0 spiro atoms. The number of hydrogen-bond acceptors (Lipinski definition) is 5. The van der Waals surface area contributed by atoms with Crippen molar-refractivity contribution in [2.75, 3.05) is 13.2 Å². The third-order valence-electron chi connectivity index (χ3n) is 10.1. The normalized spacial score (nSPS) is 12.8. The first-order valence-electron chi connectivity index (χ1n) is 22.0. The molecule has 0 bridgehead atoms. The Morgan fingerprint density at radius 1 is 0.540 bits per heavy atom. The van der Waals surface area contributed by atoms with Gasteiger partial charge >= 0.3 is 5.97 Å². The maximum absolute atomic E-state index is 12.3. The molecule has 0 aromatic rings. The van der Waals surface area contributed by atoms with Crippen molar-refractivity contribution in [2.24, 2.45) is 0 Å². The molecule has 0 fully saturated rings. The van der Waals surface area contributed by atoms with E-state index in [2.05, 4.69) is 19.2 Å². The van der Waals surface area contributed by atoms with Crippen molar-refractivity contribution in [3.63, 3.8) is 0 Å². The molecule has 296 valence electrons. The second-order valence-electron chi connectivity index (χ2n) is 15.0. The first-order chi connectivity index (χ1) is 24.5. The zero-order valence-electron chi connectivity index (χ0n) is 33.4. The molecule has 0 aliphatic rings. The van der Waals surface area contributed by atoms with Gasteiger partial charge in [0.1, 0.15) is 0 Å². The van der Waals surface area contributed by atoms with E-state index in [4.69, 9.17) is 4.74 Å². The summed E-state index contributed by atoms with van der Waals surface area (Å²) in [6, 6.07) is -0.635. The average molecular weight is 708 g/mol. The number of ether oxygens (including phenoxy) is 1. The monoisotopic (exact) mass is 708 g/mol. The van der Waals surface area contributed by atoms with E-state index in [9.17, 15) is 19.8 Å². The van der Waals surface area contributed by atoms with Crippen LogP contribution in [0.4, 0.5) is 0 Å². The number of amides is 1. The molecule has 6 heteroatoms. The Morgan fingerprint density at radius 3 is 1.36 bits per heavy atom. The zero-order valence-corrected chi connectivity index (χ0v) is 33.4. The average Bonchev–Trinajstić information content (AvgIpc) is 3.11. The lowest BCUT2D eigenvalue weighted by Crippen LogP contribution is -2.45. The fourth-order valence-corrected chi connectivity index (χ4v) is 6.63. The van der Waals surface area contributed by atoms with Crippen LogP contribution in [0.2, 0.25) is 0 Å². The summed E-state index contributed by atoms with van der Waals surface area (Å²) < 4.78 is 5.44. The van der Waals surface area contributed by atoms with Crippen LogP contribution in [0.1, 0.15) is 232 Å². The van der Waals surface area contributed by atoms with Gasteiger partial charge < -0.3 is 20.3 Å². The molecule has 6 nitrogen and oxygen atoms in total. The molecule has 0 aromatic heterocycles. The molecule has 0 rings (SSSR count). The van der Waals surface area contributed by atoms with Gasteiger partial charge in [-0.1, -0.05) is 199 Å². The number of allylic oxidation sites excluding steroid dienone is 1. The van der Waals surface area contributed by atoms with Crippen LogP contribution in [0.3, 0.4) is 0 Å². The van der Waals surface area contributed by atoms with Crippen molar-refractivity contribution in [3.05, 3.63) is 12.2 Å². The van der Waals surface area contributed by atoms with Gasteiger partial charge in [-0.2, -0.15) is 0 Å². The van der Waals surface area contributed by atoms with Gasteiger partial charge in [0.05, 0.1) is 25.4 Å². The molecule has 50 heavy (non-hydrogen) atoms. The van der Waals surface area contributed by atoms with E-state index in [-0.39, 0.29) is 18.5 Å². The minimum atomic E-state index is -0.850. The van der Waals surface area contributed by atoms with E-state index in [1.54, 1.807) is 6.08 Å². The van der Waals surface area contributed by atoms with Gasteiger partial charge in [0, 0.05) is 12.8 Å². The molecule has 0 saturated heterocycles. The Bertz CT molecular complexity index is 742. The summed E-state index contributed by atoms with van der Waals surface area (Å²) in [5.41, 5.74) is 0. The number of aliphatic hydroxyl groups excluding tert-OH is 2. The van der Waals surface area contributed by atoms with Crippen LogP contribution >= 0.6 is 0 Å². The highest BCUT2D eigenvalue weighted by Crippen LogP contribution is 2.15. The highest BCUT2D eigenvalue weighted by molar-refractivity contribution is 5.76. The summed E-state index contributed by atoms with van der Waals surface area (Å²) in [5, 5.41) is 22.8. The predicted molar refractivity (Wildman–Crippen MR) is 213 cm³/mol. The van der Waals surface area contributed by atoms with Gasteiger partial charge in [-0.15, -0.1) is 0 Å². The van der Waals surface area contributed by atoms with Crippen LogP contribution in [0.25, 0.3) is 0 Å². The topological polar surface area (TPSA) is 95.9 Å².